The van der Waals surface area contributed by atoms with Gasteiger partial charge in [0.2, 0.25) is 5.91 Å². The van der Waals surface area contributed by atoms with Gasteiger partial charge >= 0.3 is 0 Å². The first kappa shape index (κ1) is 17.3. The van der Waals surface area contributed by atoms with Crippen LogP contribution in [-0.4, -0.2) is 36.4 Å². The van der Waals surface area contributed by atoms with E-state index in [1.165, 1.54) is 5.56 Å². The summed E-state index contributed by atoms with van der Waals surface area (Å²) < 4.78 is 5.56. The number of nitrogens with one attached hydrogen (secondary N) is 1. The SMILES string of the molecule is CC(C)c1ccc(OCC(=O)N2CCCC(C(=O)NN)C2)cc1. The number of piperidine rings is 1. The highest BCUT2D eigenvalue weighted by atomic mass is 16.5. The number of hydrogen-bond donors (Lipinski definition) is 2. The molecule has 1 aromatic carbocycles. The lowest BCUT2D eigenvalue weighted by atomic mass is 9.97. The van der Waals surface area contributed by atoms with Gasteiger partial charge in [0.25, 0.3) is 5.91 Å². The minimum atomic E-state index is -0.233. The topological polar surface area (TPSA) is 84.7 Å². The van der Waals surface area contributed by atoms with E-state index < -0.39 is 0 Å². The maximum Gasteiger partial charge on any atom is 0.260 e. The second-order valence-corrected chi connectivity index (χ2v) is 6.20. The zero-order chi connectivity index (χ0) is 16.8. The average molecular weight is 319 g/mol. The summed E-state index contributed by atoms with van der Waals surface area (Å²) in [6.45, 7) is 5.30. The second-order valence-electron chi connectivity index (χ2n) is 6.20. The van der Waals surface area contributed by atoms with Crippen LogP contribution in [0.3, 0.4) is 0 Å². The van der Waals surface area contributed by atoms with Crippen molar-refractivity contribution in [2.75, 3.05) is 19.7 Å². The lowest BCUT2D eigenvalue weighted by molar-refractivity contribution is -0.137. The fourth-order valence-corrected chi connectivity index (χ4v) is 2.72. The van der Waals surface area contributed by atoms with Gasteiger partial charge in [-0.3, -0.25) is 15.0 Å². The quantitative estimate of drug-likeness (QED) is 0.488. The largest absolute Gasteiger partial charge is 0.484 e. The van der Waals surface area contributed by atoms with Crippen LogP contribution in [0, 0.1) is 5.92 Å². The molecular formula is C17H25N3O3. The Kier molecular flexibility index (Phi) is 5.98. The summed E-state index contributed by atoms with van der Waals surface area (Å²) in [5, 5.41) is 0. The maximum absolute atomic E-state index is 12.2. The van der Waals surface area contributed by atoms with Crippen molar-refractivity contribution in [1.82, 2.24) is 10.3 Å². The van der Waals surface area contributed by atoms with Crippen LogP contribution in [0.4, 0.5) is 0 Å². The van der Waals surface area contributed by atoms with Crippen molar-refractivity contribution in [1.29, 1.82) is 0 Å². The molecule has 2 rings (SSSR count). The van der Waals surface area contributed by atoms with Crippen LogP contribution in [0.2, 0.25) is 0 Å². The Labute approximate surface area is 136 Å². The van der Waals surface area contributed by atoms with Crippen LogP contribution < -0.4 is 16.0 Å². The van der Waals surface area contributed by atoms with Crippen LogP contribution in [0.25, 0.3) is 0 Å². The van der Waals surface area contributed by atoms with E-state index in [2.05, 4.69) is 19.3 Å². The predicted molar refractivity (Wildman–Crippen MR) is 87.7 cm³/mol. The number of ether oxygens (including phenoxy) is 1. The summed E-state index contributed by atoms with van der Waals surface area (Å²) in [5.74, 6) is 5.75. The third-order valence-electron chi connectivity index (χ3n) is 4.20. The van der Waals surface area contributed by atoms with Crippen LogP contribution >= 0.6 is 0 Å². The standard InChI is InChI=1S/C17H25N3O3/c1-12(2)13-5-7-15(8-6-13)23-11-16(21)20-9-3-4-14(10-20)17(22)19-18/h5-8,12,14H,3-4,9-11,18H2,1-2H3,(H,19,22). The fourth-order valence-electron chi connectivity index (χ4n) is 2.72. The first-order valence-corrected chi connectivity index (χ1v) is 8.02. The minimum Gasteiger partial charge on any atom is -0.484 e. The third-order valence-corrected chi connectivity index (χ3v) is 4.20. The van der Waals surface area contributed by atoms with Gasteiger partial charge in [0.15, 0.2) is 6.61 Å². The number of nitrogens with zero attached hydrogens (tertiary/aromatic N) is 1. The summed E-state index contributed by atoms with van der Waals surface area (Å²) in [5.41, 5.74) is 3.39. The molecule has 0 radical (unpaired) electrons. The van der Waals surface area contributed by atoms with Crippen molar-refractivity contribution in [2.45, 2.75) is 32.6 Å². The summed E-state index contributed by atoms with van der Waals surface area (Å²) >= 11 is 0. The summed E-state index contributed by atoms with van der Waals surface area (Å²) in [4.78, 5) is 25.5. The van der Waals surface area contributed by atoms with Crippen LogP contribution in [0.1, 0.15) is 38.2 Å². The highest BCUT2D eigenvalue weighted by Gasteiger charge is 2.28. The molecule has 0 aromatic heterocycles. The fraction of sp³-hybridized carbons (Fsp3) is 0.529. The predicted octanol–water partition coefficient (Wildman–Crippen LogP) is 1.42. The molecule has 1 unspecified atom stereocenters. The molecule has 6 nitrogen and oxygen atoms in total. The first-order chi connectivity index (χ1) is 11.0. The van der Waals surface area contributed by atoms with E-state index in [0.717, 1.165) is 12.8 Å². The van der Waals surface area contributed by atoms with E-state index in [4.69, 9.17) is 10.6 Å². The van der Waals surface area contributed by atoms with Crippen LogP contribution in [0.5, 0.6) is 5.75 Å². The van der Waals surface area contributed by atoms with Crippen molar-refractivity contribution in [2.24, 2.45) is 11.8 Å². The molecule has 0 bridgehead atoms. The van der Waals surface area contributed by atoms with Gasteiger partial charge in [0.05, 0.1) is 5.92 Å². The Balaban J connectivity index is 1.85. The van der Waals surface area contributed by atoms with E-state index in [1.54, 1.807) is 4.90 Å². The number of hydrazine groups is 1. The Morgan fingerprint density at radius 2 is 2.04 bits per heavy atom. The van der Waals surface area contributed by atoms with Gasteiger partial charge in [-0.25, -0.2) is 5.84 Å². The Morgan fingerprint density at radius 3 is 2.65 bits per heavy atom. The van der Waals surface area contributed by atoms with Gasteiger partial charge in [-0.05, 0) is 36.5 Å². The molecule has 6 heteroatoms. The van der Waals surface area contributed by atoms with Crippen molar-refractivity contribution in [3.8, 4) is 5.75 Å². The highest BCUT2D eigenvalue weighted by Crippen LogP contribution is 2.19. The van der Waals surface area contributed by atoms with Crippen LogP contribution in [-0.2, 0) is 9.59 Å². The molecule has 1 aromatic rings. The number of benzene rings is 1. The normalized spacial score (nSPS) is 17.9. The molecule has 1 saturated heterocycles. The molecule has 1 aliphatic heterocycles. The molecular weight excluding hydrogens is 294 g/mol. The van der Waals surface area contributed by atoms with Crippen LogP contribution in [0.15, 0.2) is 24.3 Å². The lowest BCUT2D eigenvalue weighted by Crippen LogP contribution is -2.48. The smallest absolute Gasteiger partial charge is 0.260 e. The third kappa shape index (κ3) is 4.69. The number of carbonyl (C=O) groups is 2. The van der Waals surface area contributed by atoms with Crippen molar-refractivity contribution >= 4 is 11.8 Å². The van der Waals surface area contributed by atoms with Crippen molar-refractivity contribution in [3.63, 3.8) is 0 Å². The molecule has 3 N–H and O–H groups in total. The molecule has 23 heavy (non-hydrogen) atoms. The molecule has 0 aliphatic carbocycles. The van der Waals surface area contributed by atoms with E-state index in [9.17, 15) is 9.59 Å². The molecule has 126 valence electrons. The van der Waals surface area contributed by atoms with Crippen molar-refractivity contribution in [3.05, 3.63) is 29.8 Å². The average Bonchev–Trinajstić information content (AvgIpc) is 2.59. The molecule has 0 saturated carbocycles. The molecule has 1 fully saturated rings. The van der Waals surface area contributed by atoms with Gasteiger partial charge in [-0.1, -0.05) is 26.0 Å². The molecule has 0 spiro atoms. The minimum absolute atomic E-state index is 0.0159. The maximum atomic E-state index is 12.2. The Hall–Kier alpha value is -2.08. The Morgan fingerprint density at radius 1 is 1.35 bits per heavy atom. The number of likely N-dealkylation sites (tertiary alicyclic amines) is 1. The zero-order valence-corrected chi connectivity index (χ0v) is 13.7. The number of rotatable bonds is 5. The number of amides is 2. The monoisotopic (exact) mass is 319 g/mol. The second kappa shape index (κ2) is 7.97. The molecule has 1 heterocycles. The van der Waals surface area contributed by atoms with E-state index in [-0.39, 0.29) is 24.3 Å². The van der Waals surface area contributed by atoms with Gasteiger partial charge in [0.1, 0.15) is 5.75 Å². The van der Waals surface area contributed by atoms with Gasteiger partial charge in [-0.15, -0.1) is 0 Å². The number of nitrogens with two attached hydrogens (primary N) is 1. The Bertz CT molecular complexity index is 543. The number of carbonyl (C=O) groups excluding carboxylic acids is 2. The summed E-state index contributed by atoms with van der Waals surface area (Å²) in [6.07, 6.45) is 1.55. The van der Waals surface area contributed by atoms with E-state index in [0.29, 0.717) is 24.8 Å². The number of hydrogen-bond acceptors (Lipinski definition) is 4. The lowest BCUT2D eigenvalue weighted by Gasteiger charge is -2.31. The van der Waals surface area contributed by atoms with E-state index >= 15 is 0 Å². The summed E-state index contributed by atoms with van der Waals surface area (Å²) in [6, 6.07) is 7.77. The highest BCUT2D eigenvalue weighted by molar-refractivity contribution is 5.81. The van der Waals surface area contributed by atoms with Crippen molar-refractivity contribution < 1.29 is 14.3 Å². The first-order valence-electron chi connectivity index (χ1n) is 8.02. The van der Waals surface area contributed by atoms with Gasteiger partial charge in [-0.2, -0.15) is 0 Å². The van der Waals surface area contributed by atoms with E-state index in [1.807, 2.05) is 24.3 Å². The zero-order valence-electron chi connectivity index (χ0n) is 13.7. The molecule has 1 atom stereocenters. The van der Waals surface area contributed by atoms with Gasteiger partial charge < -0.3 is 9.64 Å². The molecule has 1 aliphatic rings. The molecule has 2 amide bonds. The summed E-state index contributed by atoms with van der Waals surface area (Å²) in [7, 11) is 0. The van der Waals surface area contributed by atoms with Gasteiger partial charge in [0, 0.05) is 13.1 Å².